The van der Waals surface area contributed by atoms with E-state index in [1.54, 1.807) is 0 Å². The Labute approximate surface area is 181 Å². The molecule has 1 fully saturated rings. The summed E-state index contributed by atoms with van der Waals surface area (Å²) in [5.74, 6) is -0.469. The maximum Gasteiger partial charge on any atom is 0.324 e. The Morgan fingerprint density at radius 3 is 2.80 bits per heavy atom. The van der Waals surface area contributed by atoms with Crippen LogP contribution in [-0.4, -0.2) is 64.9 Å². The third kappa shape index (κ3) is 4.79. The van der Waals surface area contributed by atoms with Gasteiger partial charge in [0.15, 0.2) is 5.13 Å². The predicted molar refractivity (Wildman–Crippen MR) is 120 cm³/mol. The Bertz CT molecular complexity index is 939. The van der Waals surface area contributed by atoms with Gasteiger partial charge in [0.1, 0.15) is 6.04 Å². The number of carbonyl (C=O) groups excluding carboxylic acids is 2. The lowest BCUT2D eigenvalue weighted by molar-refractivity contribution is -0.121. The number of aromatic nitrogens is 2. The number of likely N-dealkylation sites (N-methyl/N-ethyl adjacent to an activating group) is 1. The molecule has 3 rings (SSSR count). The zero-order chi connectivity index (χ0) is 22.1. The smallest absolute Gasteiger partial charge is 0.324 e. The predicted octanol–water partition coefficient (Wildman–Crippen LogP) is 2.83. The monoisotopic (exact) mass is 430 g/mol. The first-order valence-corrected chi connectivity index (χ1v) is 10.9. The minimum Gasteiger partial charge on any atom is -0.368 e. The fourth-order valence-corrected chi connectivity index (χ4v) is 4.95. The van der Waals surface area contributed by atoms with Gasteiger partial charge >= 0.3 is 6.03 Å². The molecule has 2 aromatic rings. The van der Waals surface area contributed by atoms with Crippen molar-refractivity contribution in [2.24, 2.45) is 5.73 Å². The maximum atomic E-state index is 12.6. The number of hydrogen-bond acceptors (Lipinski definition) is 6. The van der Waals surface area contributed by atoms with Crippen LogP contribution in [0, 0.1) is 6.92 Å². The van der Waals surface area contributed by atoms with Crippen LogP contribution in [0.3, 0.4) is 0 Å². The van der Waals surface area contributed by atoms with Gasteiger partial charge in [-0.1, -0.05) is 25.2 Å². The van der Waals surface area contributed by atoms with E-state index >= 15 is 0 Å². The highest BCUT2D eigenvalue weighted by molar-refractivity contribution is 7.19. The Hall–Kier alpha value is -2.52. The third-order valence-electron chi connectivity index (χ3n) is 5.28. The summed E-state index contributed by atoms with van der Waals surface area (Å²) in [6.45, 7) is 7.67. The maximum absolute atomic E-state index is 12.6. The average Bonchev–Trinajstić information content (AvgIpc) is 3.27. The molecule has 0 spiro atoms. The van der Waals surface area contributed by atoms with Crippen molar-refractivity contribution in [3.8, 4) is 10.4 Å². The van der Waals surface area contributed by atoms with Gasteiger partial charge in [0.05, 0.1) is 10.6 Å². The zero-order valence-electron chi connectivity index (χ0n) is 18.2. The lowest BCUT2D eigenvalue weighted by atomic mass is 9.87. The Morgan fingerprint density at radius 2 is 2.13 bits per heavy atom. The van der Waals surface area contributed by atoms with Crippen LogP contribution in [0.5, 0.6) is 0 Å². The van der Waals surface area contributed by atoms with E-state index < -0.39 is 11.9 Å². The topological polar surface area (TPSA) is 104 Å². The van der Waals surface area contributed by atoms with E-state index in [9.17, 15) is 9.59 Å². The van der Waals surface area contributed by atoms with Crippen molar-refractivity contribution < 1.29 is 9.59 Å². The van der Waals surface area contributed by atoms with E-state index in [-0.39, 0.29) is 11.4 Å². The van der Waals surface area contributed by atoms with E-state index in [1.165, 1.54) is 16.2 Å². The first kappa shape index (κ1) is 22.2. The molecule has 0 aromatic carbocycles. The lowest BCUT2D eigenvalue weighted by Gasteiger charge is -2.28. The molecule has 3 heterocycles. The number of nitrogens with two attached hydrogens (primary N) is 1. The van der Waals surface area contributed by atoms with Gasteiger partial charge in [-0.2, -0.15) is 0 Å². The quantitative estimate of drug-likeness (QED) is 0.733. The van der Waals surface area contributed by atoms with Crippen LogP contribution >= 0.6 is 11.3 Å². The van der Waals surface area contributed by atoms with Crippen molar-refractivity contribution in [2.75, 3.05) is 32.5 Å². The number of urea groups is 1. The fraction of sp³-hybridized carbons (Fsp3) is 0.524. The molecule has 1 aliphatic rings. The van der Waals surface area contributed by atoms with Gasteiger partial charge in [-0.05, 0) is 51.6 Å². The molecular weight excluding hydrogens is 400 g/mol. The molecule has 0 bridgehead atoms. The van der Waals surface area contributed by atoms with E-state index in [4.69, 9.17) is 5.73 Å². The molecule has 1 aliphatic heterocycles. The second-order valence-electron chi connectivity index (χ2n) is 8.67. The van der Waals surface area contributed by atoms with Crippen molar-refractivity contribution in [3.63, 3.8) is 0 Å². The highest BCUT2D eigenvalue weighted by Crippen LogP contribution is 2.35. The molecule has 3 N–H and O–H groups in total. The average molecular weight is 431 g/mol. The molecule has 8 nitrogen and oxygen atoms in total. The van der Waals surface area contributed by atoms with Crippen molar-refractivity contribution in [2.45, 2.75) is 45.1 Å². The van der Waals surface area contributed by atoms with Gasteiger partial charge in [-0.3, -0.25) is 15.1 Å². The largest absolute Gasteiger partial charge is 0.368 e. The van der Waals surface area contributed by atoms with Crippen molar-refractivity contribution in [1.29, 1.82) is 0 Å². The van der Waals surface area contributed by atoms with Crippen molar-refractivity contribution >= 4 is 28.4 Å². The Kier molecular flexibility index (Phi) is 6.42. The molecule has 0 aliphatic carbocycles. The summed E-state index contributed by atoms with van der Waals surface area (Å²) in [5.41, 5.74) is 8.19. The molecular formula is C21H30N6O2S. The number of aryl methyl sites for hydroxylation is 1. The number of nitrogens with one attached hydrogen (secondary N) is 1. The molecule has 1 saturated heterocycles. The second-order valence-corrected chi connectivity index (χ2v) is 9.67. The fourth-order valence-electron chi connectivity index (χ4n) is 4.00. The number of anilines is 1. The number of primary amides is 1. The van der Waals surface area contributed by atoms with Crippen molar-refractivity contribution in [1.82, 2.24) is 19.8 Å². The number of likely N-dealkylation sites (tertiary alicyclic amines) is 1. The van der Waals surface area contributed by atoms with Gasteiger partial charge in [0.25, 0.3) is 0 Å². The van der Waals surface area contributed by atoms with E-state index in [2.05, 4.69) is 54.2 Å². The van der Waals surface area contributed by atoms with Crippen LogP contribution in [0.2, 0.25) is 0 Å². The number of thiazole rings is 1. The first-order chi connectivity index (χ1) is 14.1. The number of pyridine rings is 1. The number of rotatable bonds is 6. The van der Waals surface area contributed by atoms with E-state index in [0.717, 1.165) is 34.8 Å². The zero-order valence-corrected chi connectivity index (χ0v) is 19.0. The summed E-state index contributed by atoms with van der Waals surface area (Å²) < 4.78 is 0. The van der Waals surface area contributed by atoms with Crippen LogP contribution in [0.1, 0.15) is 38.1 Å². The standard InChI is InChI=1S/C21H30N6O2S/c1-13-17(14-8-9-23-16(11-14)21(2,3)12-26(4)5)30-19(24-13)25-20(29)27-10-6-7-15(27)18(22)28/h8-9,11,15H,6-7,10,12H2,1-5H3,(H2,22,28)(H,24,25,29). The van der Waals surface area contributed by atoms with Gasteiger partial charge in [0.2, 0.25) is 5.91 Å². The number of amides is 3. The molecule has 2 aromatic heterocycles. The van der Waals surface area contributed by atoms with Crippen LogP contribution in [0.4, 0.5) is 9.93 Å². The number of nitrogens with zero attached hydrogens (tertiary/aromatic N) is 4. The van der Waals surface area contributed by atoms with Gasteiger partial charge in [-0.25, -0.2) is 9.78 Å². The molecule has 1 unspecified atom stereocenters. The molecule has 9 heteroatoms. The summed E-state index contributed by atoms with van der Waals surface area (Å²) in [6, 6.07) is 3.18. The summed E-state index contributed by atoms with van der Waals surface area (Å²) >= 11 is 1.42. The van der Waals surface area contributed by atoms with Gasteiger partial charge in [-0.15, -0.1) is 0 Å². The van der Waals surface area contributed by atoms with E-state index in [0.29, 0.717) is 18.1 Å². The highest BCUT2D eigenvalue weighted by Gasteiger charge is 2.33. The molecule has 0 saturated carbocycles. The Balaban J connectivity index is 1.81. The molecule has 3 amide bonds. The SMILES string of the molecule is Cc1nc(NC(=O)N2CCCC2C(N)=O)sc1-c1ccnc(C(C)(C)CN(C)C)c1. The number of hydrogen-bond donors (Lipinski definition) is 2. The Morgan fingerprint density at radius 1 is 1.40 bits per heavy atom. The summed E-state index contributed by atoms with van der Waals surface area (Å²) in [5, 5.41) is 3.34. The van der Waals surface area contributed by atoms with Crippen LogP contribution in [-0.2, 0) is 10.2 Å². The van der Waals surface area contributed by atoms with Gasteiger partial charge < -0.3 is 15.5 Å². The van der Waals surface area contributed by atoms with Crippen LogP contribution in [0.15, 0.2) is 18.3 Å². The van der Waals surface area contributed by atoms with Crippen LogP contribution < -0.4 is 11.1 Å². The minimum absolute atomic E-state index is 0.103. The summed E-state index contributed by atoms with van der Waals surface area (Å²) in [6.07, 6.45) is 3.19. The highest BCUT2D eigenvalue weighted by atomic mass is 32.1. The first-order valence-electron chi connectivity index (χ1n) is 10.0. The van der Waals surface area contributed by atoms with E-state index in [1.807, 2.05) is 19.2 Å². The molecule has 0 radical (unpaired) electrons. The molecule has 1 atom stereocenters. The molecule has 30 heavy (non-hydrogen) atoms. The summed E-state index contributed by atoms with van der Waals surface area (Å²) in [4.78, 5) is 37.9. The van der Waals surface area contributed by atoms with Crippen molar-refractivity contribution in [3.05, 3.63) is 29.7 Å². The lowest BCUT2D eigenvalue weighted by Crippen LogP contribution is -2.45. The minimum atomic E-state index is -0.549. The van der Waals surface area contributed by atoms with Gasteiger partial charge in [0, 0.05) is 30.4 Å². The normalized spacial score (nSPS) is 16.9. The second kappa shape index (κ2) is 8.69. The van der Waals surface area contributed by atoms with Crippen LogP contribution in [0.25, 0.3) is 10.4 Å². The number of carbonyl (C=O) groups is 2. The third-order valence-corrected chi connectivity index (χ3v) is 6.40. The molecule has 162 valence electrons. The summed E-state index contributed by atoms with van der Waals surface area (Å²) in [7, 11) is 4.11.